The summed E-state index contributed by atoms with van der Waals surface area (Å²) in [5, 5.41) is 11.6. The van der Waals surface area contributed by atoms with Crippen LogP contribution in [0.25, 0.3) is 0 Å². The number of carboxylic acid groups (broad SMARTS) is 1. The summed E-state index contributed by atoms with van der Waals surface area (Å²) >= 11 is 1.29. The van der Waals surface area contributed by atoms with Gasteiger partial charge in [0, 0.05) is 18.2 Å². The second-order valence-electron chi connectivity index (χ2n) is 6.32. The van der Waals surface area contributed by atoms with E-state index in [1.165, 1.54) is 18.7 Å². The number of thioether (sulfide) groups is 1. The summed E-state index contributed by atoms with van der Waals surface area (Å²) in [5.74, 6) is -2.62. The van der Waals surface area contributed by atoms with Crippen LogP contribution in [0.15, 0.2) is 41.6 Å². The predicted molar refractivity (Wildman–Crippen MR) is 99.7 cm³/mol. The normalized spacial score (nSPS) is 22.1. The van der Waals surface area contributed by atoms with Gasteiger partial charge in [0.15, 0.2) is 0 Å². The van der Waals surface area contributed by atoms with E-state index >= 15 is 0 Å². The number of carboxylic acids is 1. The fraction of sp³-hybridized carbons (Fsp3) is 0.333. The number of hydrogen-bond donors (Lipinski definition) is 3. The monoisotopic (exact) mass is 405 g/mol. The molecule has 1 saturated heterocycles. The number of aliphatic carboxylic acids is 1. The molecular formula is C18H19N3O6S. The van der Waals surface area contributed by atoms with E-state index in [-0.39, 0.29) is 18.1 Å². The lowest BCUT2D eigenvalue weighted by atomic mass is 10.0. The van der Waals surface area contributed by atoms with E-state index in [1.807, 2.05) is 0 Å². The molecule has 148 valence electrons. The second kappa shape index (κ2) is 8.03. The van der Waals surface area contributed by atoms with Crippen LogP contribution in [-0.4, -0.2) is 57.5 Å². The number of nitrogens with zero attached hydrogens (tertiary/aromatic N) is 1. The summed E-state index contributed by atoms with van der Waals surface area (Å²) in [4.78, 5) is 48.7. The number of nitrogens with one attached hydrogen (secondary N) is 1. The average molecular weight is 405 g/mol. The molecule has 1 aromatic rings. The third-order valence-electron chi connectivity index (χ3n) is 4.44. The minimum absolute atomic E-state index is 0.198. The van der Waals surface area contributed by atoms with Gasteiger partial charge >= 0.3 is 11.9 Å². The van der Waals surface area contributed by atoms with Crippen molar-refractivity contribution in [2.24, 2.45) is 5.73 Å². The predicted octanol–water partition coefficient (Wildman–Crippen LogP) is -0.0119. The zero-order valence-corrected chi connectivity index (χ0v) is 15.8. The molecule has 10 heteroatoms. The Morgan fingerprint density at radius 2 is 2.04 bits per heavy atom. The van der Waals surface area contributed by atoms with Crippen LogP contribution in [0.1, 0.15) is 18.5 Å². The summed E-state index contributed by atoms with van der Waals surface area (Å²) in [5.41, 5.74) is 6.69. The summed E-state index contributed by atoms with van der Waals surface area (Å²) in [6.45, 7) is 1.02. The summed E-state index contributed by atoms with van der Waals surface area (Å²) in [6, 6.07) is 6.92. The molecule has 4 N–H and O–H groups in total. The third-order valence-corrected chi connectivity index (χ3v) is 5.78. The zero-order chi connectivity index (χ0) is 20.4. The number of carbonyl (C=O) groups excluding carboxylic acids is 3. The molecular weight excluding hydrogens is 386 g/mol. The lowest BCUT2D eigenvalue weighted by Crippen LogP contribution is -2.71. The van der Waals surface area contributed by atoms with Crippen LogP contribution in [0.5, 0.6) is 0 Å². The fourth-order valence-corrected chi connectivity index (χ4v) is 4.37. The fourth-order valence-electron chi connectivity index (χ4n) is 3.04. The van der Waals surface area contributed by atoms with Crippen LogP contribution in [0.3, 0.4) is 0 Å². The van der Waals surface area contributed by atoms with Gasteiger partial charge in [0.25, 0.3) is 5.91 Å². The van der Waals surface area contributed by atoms with Crippen molar-refractivity contribution in [3.05, 3.63) is 47.2 Å². The first-order valence-electron chi connectivity index (χ1n) is 8.45. The van der Waals surface area contributed by atoms with Gasteiger partial charge in [0.1, 0.15) is 29.8 Å². The molecule has 0 aromatic heterocycles. The molecule has 2 aliphatic rings. The van der Waals surface area contributed by atoms with Gasteiger partial charge in [-0.1, -0.05) is 30.3 Å². The smallest absolute Gasteiger partial charge is 0.352 e. The summed E-state index contributed by atoms with van der Waals surface area (Å²) in [6.07, 6.45) is 0. The molecule has 0 aliphatic carbocycles. The number of carbonyl (C=O) groups is 4. The first-order chi connectivity index (χ1) is 13.3. The number of amides is 2. The van der Waals surface area contributed by atoms with E-state index in [0.717, 1.165) is 4.90 Å². The first-order valence-corrected chi connectivity index (χ1v) is 9.50. The maximum Gasteiger partial charge on any atom is 0.352 e. The molecule has 0 saturated carbocycles. The molecule has 2 aliphatic heterocycles. The number of fused-ring (bicyclic) bond motifs is 1. The van der Waals surface area contributed by atoms with Crippen LogP contribution in [0.4, 0.5) is 0 Å². The van der Waals surface area contributed by atoms with E-state index in [1.54, 1.807) is 30.3 Å². The Morgan fingerprint density at radius 3 is 2.64 bits per heavy atom. The average Bonchev–Trinajstić information content (AvgIpc) is 2.69. The number of hydrogen-bond acceptors (Lipinski definition) is 7. The van der Waals surface area contributed by atoms with Gasteiger partial charge in [-0.15, -0.1) is 11.8 Å². The quantitative estimate of drug-likeness (QED) is 0.444. The topological polar surface area (TPSA) is 139 Å². The van der Waals surface area contributed by atoms with Crippen molar-refractivity contribution >= 4 is 35.5 Å². The van der Waals surface area contributed by atoms with Crippen LogP contribution in [0.2, 0.25) is 0 Å². The molecule has 3 rings (SSSR count). The summed E-state index contributed by atoms with van der Waals surface area (Å²) in [7, 11) is 0. The number of rotatable bonds is 6. The van der Waals surface area contributed by atoms with E-state index in [2.05, 4.69) is 5.32 Å². The molecule has 0 radical (unpaired) electrons. The number of benzene rings is 1. The highest BCUT2D eigenvalue weighted by molar-refractivity contribution is 8.00. The lowest BCUT2D eigenvalue weighted by molar-refractivity contribution is -0.151. The number of β-lactam (4-membered cyclic amide) rings is 1. The van der Waals surface area contributed by atoms with E-state index in [0.29, 0.717) is 11.1 Å². The maximum atomic E-state index is 12.5. The van der Waals surface area contributed by atoms with Crippen molar-refractivity contribution in [1.82, 2.24) is 10.2 Å². The van der Waals surface area contributed by atoms with E-state index in [9.17, 15) is 24.3 Å². The van der Waals surface area contributed by atoms with Crippen LogP contribution in [0, 0.1) is 0 Å². The standard InChI is InChI=1S/C18H19N3O6S/c1-9(22)27-7-11-8-28-17-13(16(24)21(17)14(11)18(25)26)20-15(23)12(19)10-5-3-2-4-6-10/h2-6,12-13,17H,7-8,19H2,1H3,(H,20,23)(H,25,26)/t12?,13-,17+/m0/s1. The third kappa shape index (κ3) is 3.73. The Kier molecular flexibility index (Phi) is 5.71. The van der Waals surface area contributed by atoms with Crippen LogP contribution < -0.4 is 11.1 Å². The largest absolute Gasteiger partial charge is 0.477 e. The van der Waals surface area contributed by atoms with Gasteiger partial charge in [-0.3, -0.25) is 19.3 Å². The highest BCUT2D eigenvalue weighted by atomic mass is 32.2. The van der Waals surface area contributed by atoms with Gasteiger partial charge in [0.05, 0.1) is 0 Å². The molecule has 2 amide bonds. The number of ether oxygens (including phenoxy) is 1. The van der Waals surface area contributed by atoms with Gasteiger partial charge < -0.3 is 20.9 Å². The van der Waals surface area contributed by atoms with Crippen LogP contribution in [-0.2, 0) is 23.9 Å². The molecule has 0 bridgehead atoms. The minimum Gasteiger partial charge on any atom is -0.477 e. The Labute approximate surface area is 164 Å². The lowest BCUT2D eigenvalue weighted by Gasteiger charge is -2.49. The van der Waals surface area contributed by atoms with Crippen molar-refractivity contribution in [3.63, 3.8) is 0 Å². The van der Waals surface area contributed by atoms with Crippen molar-refractivity contribution < 1.29 is 29.0 Å². The van der Waals surface area contributed by atoms with E-state index < -0.39 is 41.2 Å². The molecule has 28 heavy (non-hydrogen) atoms. The maximum absolute atomic E-state index is 12.5. The molecule has 0 spiro atoms. The van der Waals surface area contributed by atoms with Gasteiger partial charge in [-0.2, -0.15) is 0 Å². The highest BCUT2D eigenvalue weighted by Gasteiger charge is 2.54. The molecule has 2 heterocycles. The molecule has 9 nitrogen and oxygen atoms in total. The Balaban J connectivity index is 1.72. The highest BCUT2D eigenvalue weighted by Crippen LogP contribution is 2.40. The molecule has 3 atom stereocenters. The van der Waals surface area contributed by atoms with E-state index in [4.69, 9.17) is 10.5 Å². The number of esters is 1. The zero-order valence-electron chi connectivity index (χ0n) is 15.0. The Bertz CT molecular complexity index is 856. The van der Waals surface area contributed by atoms with Crippen molar-refractivity contribution in [3.8, 4) is 0 Å². The van der Waals surface area contributed by atoms with Gasteiger partial charge in [0.2, 0.25) is 5.91 Å². The first kappa shape index (κ1) is 19.9. The second-order valence-corrected chi connectivity index (χ2v) is 7.43. The molecule has 1 unspecified atom stereocenters. The molecule has 1 aromatic carbocycles. The minimum atomic E-state index is -1.29. The molecule has 1 fully saturated rings. The van der Waals surface area contributed by atoms with Crippen molar-refractivity contribution in [2.45, 2.75) is 24.4 Å². The van der Waals surface area contributed by atoms with Gasteiger partial charge in [-0.05, 0) is 5.56 Å². The Morgan fingerprint density at radius 1 is 1.36 bits per heavy atom. The van der Waals surface area contributed by atoms with Crippen molar-refractivity contribution in [2.75, 3.05) is 12.4 Å². The number of nitrogens with two attached hydrogens (primary N) is 1. The van der Waals surface area contributed by atoms with Gasteiger partial charge in [-0.25, -0.2) is 4.79 Å². The van der Waals surface area contributed by atoms with Crippen molar-refractivity contribution in [1.29, 1.82) is 0 Å². The SMILES string of the molecule is CC(=O)OCC1=C(C(=O)O)N2C(=O)[C@H](NC(=O)C(N)c3ccccc3)[C@H]2SC1. The Hall–Kier alpha value is -2.85. The summed E-state index contributed by atoms with van der Waals surface area (Å²) < 4.78 is 4.88. The van der Waals surface area contributed by atoms with Crippen LogP contribution >= 0.6 is 11.8 Å².